The van der Waals surface area contributed by atoms with Crippen molar-refractivity contribution < 1.29 is 18.0 Å². The average molecular weight is 523 g/mol. The number of rotatable bonds is 3. The monoisotopic (exact) mass is 523 g/mol. The Bertz CT molecular complexity index is 765. The number of nitrogens with two attached hydrogens (primary N) is 1. The molecule has 29 heavy (non-hydrogen) atoms. The SMILES string of the molecule is CCNC(=NCC#Cc1cccc(C(F)(F)F)c1)NC1CCN(C(N)=O)CC1.I. The molecule has 0 saturated carbocycles. The van der Waals surface area contributed by atoms with Crippen LogP contribution in [-0.4, -0.2) is 49.1 Å². The zero-order chi connectivity index (χ0) is 20.6. The maximum absolute atomic E-state index is 12.7. The molecule has 0 unspecified atom stereocenters. The molecule has 10 heteroatoms. The predicted molar refractivity (Wildman–Crippen MR) is 117 cm³/mol. The van der Waals surface area contributed by atoms with E-state index < -0.39 is 17.8 Å². The number of likely N-dealkylation sites (tertiary alicyclic amines) is 1. The average Bonchev–Trinajstić information content (AvgIpc) is 2.65. The lowest BCUT2D eigenvalue weighted by molar-refractivity contribution is -0.137. The molecule has 1 saturated heterocycles. The molecule has 0 bridgehead atoms. The summed E-state index contributed by atoms with van der Waals surface area (Å²) < 4.78 is 38.2. The third-order valence-corrected chi connectivity index (χ3v) is 4.23. The highest BCUT2D eigenvalue weighted by Crippen LogP contribution is 2.29. The van der Waals surface area contributed by atoms with Crippen molar-refractivity contribution in [2.75, 3.05) is 26.2 Å². The maximum atomic E-state index is 12.7. The minimum Gasteiger partial charge on any atom is -0.357 e. The molecule has 1 heterocycles. The van der Waals surface area contributed by atoms with E-state index in [4.69, 9.17) is 5.73 Å². The van der Waals surface area contributed by atoms with Gasteiger partial charge in [-0.05, 0) is 38.0 Å². The Balaban J connectivity index is 0.00000420. The van der Waals surface area contributed by atoms with Crippen molar-refractivity contribution in [1.82, 2.24) is 15.5 Å². The second-order valence-corrected chi connectivity index (χ2v) is 6.32. The molecule has 1 aliphatic rings. The van der Waals surface area contributed by atoms with Gasteiger partial charge < -0.3 is 21.3 Å². The number of alkyl halides is 3. The second-order valence-electron chi connectivity index (χ2n) is 6.32. The second kappa shape index (κ2) is 11.7. The molecule has 1 aliphatic heterocycles. The summed E-state index contributed by atoms with van der Waals surface area (Å²) in [6.45, 7) is 3.91. The summed E-state index contributed by atoms with van der Waals surface area (Å²) in [5, 5.41) is 6.40. The van der Waals surface area contributed by atoms with Gasteiger partial charge in [-0.1, -0.05) is 17.9 Å². The number of urea groups is 1. The molecule has 6 nitrogen and oxygen atoms in total. The normalized spacial score (nSPS) is 15.0. The summed E-state index contributed by atoms with van der Waals surface area (Å²) in [6, 6.07) is 4.64. The third kappa shape index (κ3) is 8.39. The first-order valence-electron chi connectivity index (χ1n) is 9.05. The van der Waals surface area contributed by atoms with Crippen molar-refractivity contribution in [1.29, 1.82) is 0 Å². The van der Waals surface area contributed by atoms with Gasteiger partial charge in [0.15, 0.2) is 5.96 Å². The number of piperidine rings is 1. The summed E-state index contributed by atoms with van der Waals surface area (Å²) in [6.07, 6.45) is -2.88. The zero-order valence-corrected chi connectivity index (χ0v) is 18.4. The van der Waals surface area contributed by atoms with Gasteiger partial charge in [0.2, 0.25) is 0 Å². The number of carbonyl (C=O) groups is 1. The van der Waals surface area contributed by atoms with E-state index in [9.17, 15) is 18.0 Å². The van der Waals surface area contributed by atoms with Crippen molar-refractivity contribution in [3.05, 3.63) is 35.4 Å². The zero-order valence-electron chi connectivity index (χ0n) is 16.1. The number of primary amides is 1. The molecular formula is C19H25F3IN5O. The van der Waals surface area contributed by atoms with Crippen LogP contribution >= 0.6 is 24.0 Å². The number of hydrogen-bond acceptors (Lipinski definition) is 2. The van der Waals surface area contributed by atoms with Crippen LogP contribution in [0.25, 0.3) is 0 Å². The number of nitrogens with one attached hydrogen (secondary N) is 2. The van der Waals surface area contributed by atoms with Gasteiger partial charge >= 0.3 is 12.2 Å². The molecule has 0 spiro atoms. The van der Waals surface area contributed by atoms with Gasteiger partial charge in [-0.2, -0.15) is 13.2 Å². The molecule has 1 aromatic rings. The highest BCUT2D eigenvalue weighted by Gasteiger charge is 2.30. The molecule has 1 aromatic carbocycles. The molecule has 2 rings (SSSR count). The Morgan fingerprint density at radius 3 is 2.62 bits per heavy atom. The van der Waals surface area contributed by atoms with Crippen LogP contribution in [0.2, 0.25) is 0 Å². The van der Waals surface area contributed by atoms with E-state index in [-0.39, 0.29) is 36.6 Å². The van der Waals surface area contributed by atoms with E-state index in [0.29, 0.717) is 31.2 Å². The number of carbonyl (C=O) groups excluding carboxylic acids is 1. The fraction of sp³-hybridized carbons (Fsp3) is 0.474. The van der Waals surface area contributed by atoms with Crippen LogP contribution in [-0.2, 0) is 6.18 Å². The molecule has 2 amide bonds. The first-order valence-corrected chi connectivity index (χ1v) is 9.05. The van der Waals surface area contributed by atoms with Crippen LogP contribution in [0.4, 0.5) is 18.0 Å². The number of benzene rings is 1. The molecule has 4 N–H and O–H groups in total. The first-order chi connectivity index (χ1) is 13.3. The van der Waals surface area contributed by atoms with E-state index in [1.807, 2.05) is 6.92 Å². The van der Waals surface area contributed by atoms with Gasteiger partial charge in [-0.25, -0.2) is 9.79 Å². The fourth-order valence-electron chi connectivity index (χ4n) is 2.79. The molecular weight excluding hydrogens is 498 g/mol. The summed E-state index contributed by atoms with van der Waals surface area (Å²) in [4.78, 5) is 17.1. The Morgan fingerprint density at radius 2 is 2.03 bits per heavy atom. The lowest BCUT2D eigenvalue weighted by atomic mass is 10.1. The predicted octanol–water partition coefficient (Wildman–Crippen LogP) is 2.77. The molecule has 0 aromatic heterocycles. The van der Waals surface area contributed by atoms with Gasteiger partial charge in [0.25, 0.3) is 0 Å². The number of nitrogens with zero attached hydrogens (tertiary/aromatic N) is 2. The largest absolute Gasteiger partial charge is 0.416 e. The van der Waals surface area contributed by atoms with Crippen molar-refractivity contribution in [2.45, 2.75) is 32.0 Å². The summed E-state index contributed by atoms with van der Waals surface area (Å²) in [5.41, 5.74) is 4.85. The highest BCUT2D eigenvalue weighted by molar-refractivity contribution is 14.0. The van der Waals surface area contributed by atoms with E-state index in [2.05, 4.69) is 27.5 Å². The van der Waals surface area contributed by atoms with Crippen LogP contribution < -0.4 is 16.4 Å². The van der Waals surface area contributed by atoms with Crippen LogP contribution in [0.15, 0.2) is 29.3 Å². The Hall–Kier alpha value is -2.16. The third-order valence-electron chi connectivity index (χ3n) is 4.23. The Morgan fingerprint density at radius 1 is 1.34 bits per heavy atom. The van der Waals surface area contributed by atoms with E-state index in [1.54, 1.807) is 4.90 Å². The van der Waals surface area contributed by atoms with Crippen LogP contribution in [0, 0.1) is 11.8 Å². The minimum atomic E-state index is -4.39. The number of aliphatic imine (C=N–C) groups is 1. The van der Waals surface area contributed by atoms with Gasteiger partial charge in [0, 0.05) is 31.2 Å². The fourth-order valence-corrected chi connectivity index (χ4v) is 2.79. The van der Waals surface area contributed by atoms with Crippen LogP contribution in [0.1, 0.15) is 30.9 Å². The lowest BCUT2D eigenvalue weighted by Gasteiger charge is -2.31. The van der Waals surface area contributed by atoms with Crippen molar-refractivity contribution in [3.8, 4) is 11.8 Å². The summed E-state index contributed by atoms with van der Waals surface area (Å²) >= 11 is 0. The van der Waals surface area contributed by atoms with Gasteiger partial charge in [0.05, 0.1) is 5.56 Å². The summed E-state index contributed by atoms with van der Waals surface area (Å²) in [5.74, 6) is 6.06. The first kappa shape index (κ1) is 24.9. The van der Waals surface area contributed by atoms with Crippen LogP contribution in [0.3, 0.4) is 0 Å². The van der Waals surface area contributed by atoms with Gasteiger partial charge in [-0.3, -0.25) is 0 Å². The molecule has 0 aliphatic carbocycles. The standard InChI is InChI=1S/C19H24F3N5O.HI/c1-2-24-18(26-16-8-11-27(12-9-16)17(23)28)25-10-4-6-14-5-3-7-15(13-14)19(20,21)22;/h3,5,7,13,16H,2,8-12H2,1H3,(H2,23,28)(H2,24,25,26);1H. The van der Waals surface area contributed by atoms with Crippen molar-refractivity contribution in [3.63, 3.8) is 0 Å². The topological polar surface area (TPSA) is 82.8 Å². The van der Waals surface area contributed by atoms with E-state index in [0.717, 1.165) is 25.0 Å². The van der Waals surface area contributed by atoms with E-state index in [1.165, 1.54) is 12.1 Å². The van der Waals surface area contributed by atoms with Crippen LogP contribution in [0.5, 0.6) is 0 Å². The number of halogens is 4. The lowest BCUT2D eigenvalue weighted by Crippen LogP contribution is -2.50. The number of amides is 2. The van der Waals surface area contributed by atoms with Gasteiger partial charge in [0.1, 0.15) is 6.54 Å². The molecule has 0 radical (unpaired) electrons. The molecule has 0 atom stereocenters. The van der Waals surface area contributed by atoms with Crippen molar-refractivity contribution >= 4 is 36.0 Å². The minimum absolute atomic E-state index is 0. The highest BCUT2D eigenvalue weighted by atomic mass is 127. The quantitative estimate of drug-likeness (QED) is 0.247. The number of guanidine groups is 1. The number of hydrogen-bond donors (Lipinski definition) is 3. The van der Waals surface area contributed by atoms with Crippen molar-refractivity contribution in [2.24, 2.45) is 10.7 Å². The van der Waals surface area contributed by atoms with Gasteiger partial charge in [-0.15, -0.1) is 24.0 Å². The Labute approximate surface area is 185 Å². The summed E-state index contributed by atoms with van der Waals surface area (Å²) in [7, 11) is 0. The maximum Gasteiger partial charge on any atom is 0.416 e. The Kier molecular flexibility index (Phi) is 10.1. The smallest absolute Gasteiger partial charge is 0.357 e. The van der Waals surface area contributed by atoms with E-state index >= 15 is 0 Å². The molecule has 1 fully saturated rings. The molecule has 160 valence electrons.